The van der Waals surface area contributed by atoms with Gasteiger partial charge in [-0.15, -0.1) is 0 Å². The van der Waals surface area contributed by atoms with Gasteiger partial charge in [-0.05, 0) is 13.0 Å². The van der Waals surface area contributed by atoms with Crippen LogP contribution in [0.4, 0.5) is 5.82 Å². The highest BCUT2D eigenvalue weighted by Crippen LogP contribution is 2.22. The van der Waals surface area contributed by atoms with Crippen molar-refractivity contribution >= 4 is 11.5 Å². The lowest BCUT2D eigenvalue weighted by Gasteiger charge is -2.12. The third-order valence-corrected chi connectivity index (χ3v) is 3.18. The SMILES string of the molecule is CN=C(Cc1ccccc1OC)c1c(C)ncnc1N. The number of aryl methyl sites for hydroxylation is 1. The fourth-order valence-corrected chi connectivity index (χ4v) is 2.16. The van der Waals surface area contributed by atoms with Gasteiger partial charge < -0.3 is 10.5 Å². The Balaban J connectivity index is 2.40. The van der Waals surface area contributed by atoms with Gasteiger partial charge in [-0.1, -0.05) is 18.2 Å². The zero-order valence-electron chi connectivity index (χ0n) is 11.9. The highest BCUT2D eigenvalue weighted by atomic mass is 16.5. The van der Waals surface area contributed by atoms with E-state index in [2.05, 4.69) is 15.0 Å². The summed E-state index contributed by atoms with van der Waals surface area (Å²) >= 11 is 0. The minimum atomic E-state index is 0.452. The van der Waals surface area contributed by atoms with Gasteiger partial charge in [0.05, 0.1) is 24.1 Å². The molecule has 20 heavy (non-hydrogen) atoms. The average molecular weight is 270 g/mol. The summed E-state index contributed by atoms with van der Waals surface area (Å²) in [5.74, 6) is 1.29. The molecule has 0 radical (unpaired) electrons. The molecule has 1 heterocycles. The third-order valence-electron chi connectivity index (χ3n) is 3.18. The zero-order valence-corrected chi connectivity index (χ0v) is 11.9. The number of nitrogen functional groups attached to an aromatic ring is 1. The number of aliphatic imine (C=N–C) groups is 1. The maximum absolute atomic E-state index is 5.96. The second kappa shape index (κ2) is 6.14. The lowest BCUT2D eigenvalue weighted by molar-refractivity contribution is 0.411. The second-order valence-electron chi connectivity index (χ2n) is 4.38. The molecule has 2 N–H and O–H groups in total. The topological polar surface area (TPSA) is 73.4 Å². The van der Waals surface area contributed by atoms with Gasteiger partial charge in [0.25, 0.3) is 0 Å². The molecule has 0 unspecified atom stereocenters. The molecule has 0 aliphatic heterocycles. The summed E-state index contributed by atoms with van der Waals surface area (Å²) in [5.41, 5.74) is 9.50. The highest BCUT2D eigenvalue weighted by Gasteiger charge is 2.14. The molecule has 2 rings (SSSR count). The molecule has 0 saturated carbocycles. The number of rotatable bonds is 4. The predicted molar refractivity (Wildman–Crippen MR) is 80.3 cm³/mol. The molecule has 0 spiro atoms. The first-order chi connectivity index (χ1) is 9.67. The van der Waals surface area contributed by atoms with Crippen LogP contribution < -0.4 is 10.5 Å². The summed E-state index contributed by atoms with van der Waals surface area (Å²) in [4.78, 5) is 12.6. The van der Waals surface area contributed by atoms with Crippen LogP contribution in [0.1, 0.15) is 16.8 Å². The van der Waals surface area contributed by atoms with Crippen LogP contribution in [0.2, 0.25) is 0 Å². The van der Waals surface area contributed by atoms with Gasteiger partial charge in [0, 0.05) is 19.0 Å². The van der Waals surface area contributed by atoms with Gasteiger partial charge in [-0.2, -0.15) is 0 Å². The van der Waals surface area contributed by atoms with Gasteiger partial charge in [0.15, 0.2) is 0 Å². The number of benzene rings is 1. The first-order valence-electron chi connectivity index (χ1n) is 6.32. The molecular formula is C15H18N4O. The Morgan fingerprint density at radius 3 is 2.70 bits per heavy atom. The number of ether oxygens (including phenoxy) is 1. The molecule has 0 aliphatic rings. The fraction of sp³-hybridized carbons (Fsp3) is 0.267. The summed E-state index contributed by atoms with van der Waals surface area (Å²) in [5, 5.41) is 0. The van der Waals surface area contributed by atoms with E-state index >= 15 is 0 Å². The third kappa shape index (κ3) is 2.77. The van der Waals surface area contributed by atoms with Crippen LogP contribution in [0.15, 0.2) is 35.6 Å². The van der Waals surface area contributed by atoms with Crippen LogP contribution in [0.3, 0.4) is 0 Å². The van der Waals surface area contributed by atoms with Crippen molar-refractivity contribution in [2.75, 3.05) is 19.9 Å². The molecule has 1 aromatic carbocycles. The van der Waals surface area contributed by atoms with E-state index in [-0.39, 0.29) is 0 Å². The summed E-state index contributed by atoms with van der Waals surface area (Å²) in [6, 6.07) is 7.86. The molecule has 5 heteroatoms. The molecule has 2 aromatic rings. The van der Waals surface area contributed by atoms with E-state index in [1.165, 1.54) is 6.33 Å². The normalized spacial score (nSPS) is 11.4. The first kappa shape index (κ1) is 14.0. The average Bonchev–Trinajstić information content (AvgIpc) is 2.46. The Kier molecular flexibility index (Phi) is 4.30. The van der Waals surface area contributed by atoms with Crippen LogP contribution >= 0.6 is 0 Å². The number of methoxy groups -OCH3 is 1. The van der Waals surface area contributed by atoms with Crippen molar-refractivity contribution in [2.45, 2.75) is 13.3 Å². The quantitative estimate of drug-likeness (QED) is 0.863. The number of hydrogen-bond acceptors (Lipinski definition) is 5. The van der Waals surface area contributed by atoms with Gasteiger partial charge in [0.2, 0.25) is 0 Å². The lowest BCUT2D eigenvalue weighted by atomic mass is 10.0. The maximum atomic E-state index is 5.96. The Bertz CT molecular complexity index is 617. The van der Waals surface area contributed by atoms with E-state index in [1.54, 1.807) is 14.2 Å². The molecule has 0 bridgehead atoms. The zero-order chi connectivity index (χ0) is 14.5. The van der Waals surface area contributed by atoms with Crippen molar-refractivity contribution in [3.8, 4) is 5.75 Å². The molecule has 0 amide bonds. The van der Waals surface area contributed by atoms with E-state index in [9.17, 15) is 0 Å². The number of anilines is 1. The number of para-hydroxylation sites is 1. The molecule has 104 valence electrons. The summed E-state index contributed by atoms with van der Waals surface area (Å²) < 4.78 is 5.37. The Morgan fingerprint density at radius 1 is 1.30 bits per heavy atom. The van der Waals surface area contributed by atoms with Crippen molar-refractivity contribution in [3.05, 3.63) is 47.4 Å². The number of nitrogens with two attached hydrogens (primary N) is 1. The minimum Gasteiger partial charge on any atom is -0.496 e. The minimum absolute atomic E-state index is 0.452. The lowest BCUT2D eigenvalue weighted by Crippen LogP contribution is -2.13. The summed E-state index contributed by atoms with van der Waals surface area (Å²) in [6.45, 7) is 1.90. The fourth-order valence-electron chi connectivity index (χ4n) is 2.16. The maximum Gasteiger partial charge on any atom is 0.136 e. The Labute approximate surface area is 118 Å². The van der Waals surface area contributed by atoms with E-state index in [4.69, 9.17) is 10.5 Å². The summed E-state index contributed by atoms with van der Waals surface area (Å²) in [7, 11) is 3.41. The number of nitrogens with zero attached hydrogens (tertiary/aromatic N) is 3. The molecule has 0 aliphatic carbocycles. The molecular weight excluding hydrogens is 252 g/mol. The monoisotopic (exact) mass is 270 g/mol. The van der Waals surface area contributed by atoms with Crippen LogP contribution in [-0.2, 0) is 6.42 Å². The molecule has 1 aromatic heterocycles. The van der Waals surface area contributed by atoms with Gasteiger partial charge >= 0.3 is 0 Å². The molecule has 0 atom stereocenters. The van der Waals surface area contributed by atoms with E-state index in [0.29, 0.717) is 12.2 Å². The van der Waals surface area contributed by atoms with Crippen molar-refractivity contribution in [1.82, 2.24) is 9.97 Å². The predicted octanol–water partition coefficient (Wildman–Crippen LogP) is 2.04. The van der Waals surface area contributed by atoms with Crippen molar-refractivity contribution in [2.24, 2.45) is 4.99 Å². The van der Waals surface area contributed by atoms with E-state index in [0.717, 1.165) is 28.3 Å². The van der Waals surface area contributed by atoms with Crippen molar-refractivity contribution < 1.29 is 4.74 Å². The summed E-state index contributed by atoms with van der Waals surface area (Å²) in [6.07, 6.45) is 2.09. The second-order valence-corrected chi connectivity index (χ2v) is 4.38. The van der Waals surface area contributed by atoms with Crippen LogP contribution in [0, 0.1) is 6.92 Å². The first-order valence-corrected chi connectivity index (χ1v) is 6.32. The van der Waals surface area contributed by atoms with E-state index in [1.807, 2.05) is 31.2 Å². The van der Waals surface area contributed by atoms with Crippen LogP contribution in [-0.4, -0.2) is 29.8 Å². The Morgan fingerprint density at radius 2 is 2.05 bits per heavy atom. The van der Waals surface area contributed by atoms with Crippen LogP contribution in [0.5, 0.6) is 5.75 Å². The van der Waals surface area contributed by atoms with E-state index < -0.39 is 0 Å². The highest BCUT2D eigenvalue weighted by molar-refractivity contribution is 6.06. The van der Waals surface area contributed by atoms with Crippen molar-refractivity contribution in [1.29, 1.82) is 0 Å². The smallest absolute Gasteiger partial charge is 0.136 e. The number of aromatic nitrogens is 2. The van der Waals surface area contributed by atoms with Crippen molar-refractivity contribution in [3.63, 3.8) is 0 Å². The van der Waals surface area contributed by atoms with Gasteiger partial charge in [0.1, 0.15) is 17.9 Å². The Hall–Kier alpha value is -2.43. The van der Waals surface area contributed by atoms with Crippen LogP contribution in [0.25, 0.3) is 0 Å². The molecule has 0 fully saturated rings. The van der Waals surface area contributed by atoms with Gasteiger partial charge in [-0.3, -0.25) is 4.99 Å². The molecule has 0 saturated heterocycles. The molecule has 5 nitrogen and oxygen atoms in total. The largest absolute Gasteiger partial charge is 0.496 e. The number of hydrogen-bond donors (Lipinski definition) is 1. The van der Waals surface area contributed by atoms with Gasteiger partial charge in [-0.25, -0.2) is 9.97 Å². The standard InChI is InChI=1S/C15H18N4O/c1-10-14(15(16)19-9-18-10)12(17-2)8-11-6-4-5-7-13(11)20-3/h4-7,9H,8H2,1-3H3,(H2,16,18,19).